The van der Waals surface area contributed by atoms with Crippen LogP contribution in [0.25, 0.3) is 0 Å². The number of hydrogen-bond donors (Lipinski definition) is 1. The molecular weight excluding hydrogens is 166 g/mol. The number of carbonyl (C=O) groups is 1. The van der Waals surface area contributed by atoms with Crippen molar-refractivity contribution in [1.82, 2.24) is 5.32 Å². The molecule has 1 unspecified atom stereocenters. The molecule has 13 heavy (non-hydrogen) atoms. The topological polar surface area (TPSA) is 42.2 Å². The molecule has 2 rings (SSSR count). The number of rotatable bonds is 1. The first-order valence-electron chi connectivity index (χ1n) is 4.61. The van der Waals surface area contributed by atoms with Crippen molar-refractivity contribution in [1.29, 1.82) is 0 Å². The third-order valence-electron chi connectivity index (χ3n) is 2.41. The summed E-state index contributed by atoms with van der Waals surface area (Å²) in [7, 11) is 0. The van der Waals surface area contributed by atoms with Gasteiger partial charge in [-0.25, -0.2) is 0 Å². The van der Waals surface area contributed by atoms with E-state index in [2.05, 4.69) is 5.32 Å². The van der Waals surface area contributed by atoms with E-state index in [-0.39, 0.29) is 11.9 Å². The fourth-order valence-electron chi connectivity index (χ4n) is 1.87. The molecule has 0 aromatic carbocycles. The predicted molar refractivity (Wildman–Crippen MR) is 48.2 cm³/mol. The van der Waals surface area contributed by atoms with Crippen molar-refractivity contribution in [2.45, 2.75) is 32.2 Å². The van der Waals surface area contributed by atoms with Crippen LogP contribution < -0.4 is 5.32 Å². The van der Waals surface area contributed by atoms with Gasteiger partial charge < -0.3 is 9.73 Å². The summed E-state index contributed by atoms with van der Waals surface area (Å²) in [5, 5.41) is 2.89. The van der Waals surface area contributed by atoms with Gasteiger partial charge >= 0.3 is 0 Å². The molecule has 1 aromatic heterocycles. The van der Waals surface area contributed by atoms with Crippen LogP contribution in [0.4, 0.5) is 0 Å². The summed E-state index contributed by atoms with van der Waals surface area (Å²) in [6.45, 7) is 1.54. The molecule has 1 aliphatic rings. The number of aryl methyl sites for hydroxylation is 1. The molecular formula is C10H13NO2. The van der Waals surface area contributed by atoms with Crippen LogP contribution in [0.1, 0.15) is 37.1 Å². The summed E-state index contributed by atoms with van der Waals surface area (Å²) < 4.78 is 5.35. The molecule has 1 atom stereocenters. The van der Waals surface area contributed by atoms with Crippen molar-refractivity contribution in [2.75, 3.05) is 0 Å². The SMILES string of the molecule is CC(=O)NC1CCCc2ccoc21. The smallest absolute Gasteiger partial charge is 0.217 e. The molecule has 1 aliphatic carbocycles. The van der Waals surface area contributed by atoms with Crippen LogP contribution in [0, 0.1) is 0 Å². The quantitative estimate of drug-likeness (QED) is 0.714. The Hall–Kier alpha value is -1.25. The Morgan fingerprint density at radius 3 is 3.31 bits per heavy atom. The van der Waals surface area contributed by atoms with E-state index in [0.717, 1.165) is 25.0 Å². The number of carbonyl (C=O) groups excluding carboxylic acids is 1. The van der Waals surface area contributed by atoms with Crippen LogP contribution in [-0.2, 0) is 11.2 Å². The number of fused-ring (bicyclic) bond motifs is 1. The third kappa shape index (κ3) is 1.59. The molecule has 3 heteroatoms. The van der Waals surface area contributed by atoms with Gasteiger partial charge in [0.1, 0.15) is 5.76 Å². The van der Waals surface area contributed by atoms with Crippen molar-refractivity contribution in [2.24, 2.45) is 0 Å². The molecule has 1 aromatic rings. The highest BCUT2D eigenvalue weighted by molar-refractivity contribution is 5.73. The lowest BCUT2D eigenvalue weighted by Crippen LogP contribution is -2.28. The van der Waals surface area contributed by atoms with E-state index >= 15 is 0 Å². The summed E-state index contributed by atoms with van der Waals surface area (Å²) in [6.07, 6.45) is 4.88. The van der Waals surface area contributed by atoms with E-state index in [9.17, 15) is 4.79 Å². The summed E-state index contributed by atoms with van der Waals surface area (Å²) in [6, 6.07) is 2.08. The minimum absolute atomic E-state index is 0.00856. The van der Waals surface area contributed by atoms with Crippen LogP contribution in [0.2, 0.25) is 0 Å². The zero-order valence-corrected chi connectivity index (χ0v) is 7.67. The van der Waals surface area contributed by atoms with Gasteiger partial charge in [-0.3, -0.25) is 4.79 Å². The second kappa shape index (κ2) is 3.24. The van der Waals surface area contributed by atoms with Crippen molar-refractivity contribution < 1.29 is 9.21 Å². The molecule has 0 spiro atoms. The van der Waals surface area contributed by atoms with Gasteiger partial charge in [0, 0.05) is 6.92 Å². The molecule has 1 N–H and O–H groups in total. The number of amides is 1. The van der Waals surface area contributed by atoms with Crippen molar-refractivity contribution in [3.8, 4) is 0 Å². The second-order valence-electron chi connectivity index (χ2n) is 3.46. The van der Waals surface area contributed by atoms with Crippen molar-refractivity contribution in [3.63, 3.8) is 0 Å². The molecule has 0 aliphatic heterocycles. The van der Waals surface area contributed by atoms with Gasteiger partial charge in [0.25, 0.3) is 0 Å². The van der Waals surface area contributed by atoms with Crippen LogP contribution in [-0.4, -0.2) is 5.91 Å². The average molecular weight is 179 g/mol. The maximum absolute atomic E-state index is 10.9. The van der Waals surface area contributed by atoms with Crippen LogP contribution in [0.3, 0.4) is 0 Å². The highest BCUT2D eigenvalue weighted by Crippen LogP contribution is 2.30. The molecule has 0 fully saturated rings. The minimum atomic E-state index is 0.00856. The van der Waals surface area contributed by atoms with Crippen molar-refractivity contribution >= 4 is 5.91 Å². The first-order valence-corrected chi connectivity index (χ1v) is 4.61. The lowest BCUT2D eigenvalue weighted by atomic mass is 9.94. The van der Waals surface area contributed by atoms with Gasteiger partial charge in [0.05, 0.1) is 12.3 Å². The number of nitrogens with one attached hydrogen (secondary N) is 1. The monoisotopic (exact) mass is 179 g/mol. The maximum Gasteiger partial charge on any atom is 0.217 e. The number of hydrogen-bond acceptors (Lipinski definition) is 2. The van der Waals surface area contributed by atoms with Gasteiger partial charge in [-0.15, -0.1) is 0 Å². The lowest BCUT2D eigenvalue weighted by molar-refractivity contribution is -0.119. The second-order valence-corrected chi connectivity index (χ2v) is 3.46. The van der Waals surface area contributed by atoms with Crippen LogP contribution >= 0.6 is 0 Å². The fourth-order valence-corrected chi connectivity index (χ4v) is 1.87. The Bertz CT molecular complexity index is 316. The highest BCUT2D eigenvalue weighted by Gasteiger charge is 2.23. The van der Waals surface area contributed by atoms with E-state index in [4.69, 9.17) is 4.42 Å². The standard InChI is InChI=1S/C10H13NO2/c1-7(12)11-9-4-2-3-8-5-6-13-10(8)9/h5-6,9H,2-4H2,1H3,(H,11,12). The Morgan fingerprint density at radius 1 is 1.69 bits per heavy atom. The third-order valence-corrected chi connectivity index (χ3v) is 2.41. The van der Waals surface area contributed by atoms with E-state index in [1.54, 1.807) is 6.26 Å². The molecule has 1 amide bonds. The minimum Gasteiger partial charge on any atom is -0.467 e. The van der Waals surface area contributed by atoms with Gasteiger partial charge in [-0.2, -0.15) is 0 Å². The zero-order chi connectivity index (χ0) is 9.26. The predicted octanol–water partition coefficient (Wildman–Crippen LogP) is 1.79. The molecule has 0 saturated carbocycles. The molecule has 3 nitrogen and oxygen atoms in total. The van der Waals surface area contributed by atoms with Crippen LogP contribution in [0.5, 0.6) is 0 Å². The highest BCUT2D eigenvalue weighted by atomic mass is 16.3. The zero-order valence-electron chi connectivity index (χ0n) is 7.67. The number of furan rings is 1. The lowest BCUT2D eigenvalue weighted by Gasteiger charge is -2.21. The molecule has 70 valence electrons. The maximum atomic E-state index is 10.9. The average Bonchev–Trinajstić information content (AvgIpc) is 2.51. The Kier molecular flexibility index (Phi) is 2.08. The first-order chi connectivity index (χ1) is 6.27. The fraction of sp³-hybridized carbons (Fsp3) is 0.500. The van der Waals surface area contributed by atoms with Gasteiger partial charge in [-0.05, 0) is 30.9 Å². The summed E-state index contributed by atoms with van der Waals surface area (Å²) in [5.74, 6) is 0.954. The summed E-state index contributed by atoms with van der Waals surface area (Å²) in [5.41, 5.74) is 1.24. The molecule has 0 saturated heterocycles. The van der Waals surface area contributed by atoms with E-state index in [0.29, 0.717) is 0 Å². The van der Waals surface area contributed by atoms with Gasteiger partial charge in [0.15, 0.2) is 0 Å². The molecule has 1 heterocycles. The normalized spacial score (nSPS) is 20.8. The first kappa shape index (κ1) is 8.35. The van der Waals surface area contributed by atoms with Crippen LogP contribution in [0.15, 0.2) is 16.7 Å². The largest absolute Gasteiger partial charge is 0.467 e. The molecule has 0 bridgehead atoms. The van der Waals surface area contributed by atoms with Gasteiger partial charge in [0.2, 0.25) is 5.91 Å². The summed E-state index contributed by atoms with van der Waals surface area (Å²) in [4.78, 5) is 10.9. The Morgan fingerprint density at radius 2 is 2.54 bits per heavy atom. The van der Waals surface area contributed by atoms with Crippen molar-refractivity contribution in [3.05, 3.63) is 23.7 Å². The van der Waals surface area contributed by atoms with E-state index in [1.165, 1.54) is 12.5 Å². The van der Waals surface area contributed by atoms with Gasteiger partial charge in [-0.1, -0.05) is 0 Å². The molecule has 0 radical (unpaired) electrons. The Labute approximate surface area is 77.1 Å². The van der Waals surface area contributed by atoms with E-state index in [1.807, 2.05) is 6.07 Å². The summed E-state index contributed by atoms with van der Waals surface area (Å²) >= 11 is 0. The van der Waals surface area contributed by atoms with E-state index < -0.39 is 0 Å². The Balaban J connectivity index is 2.20.